The van der Waals surface area contributed by atoms with E-state index in [1.807, 2.05) is 6.21 Å². The van der Waals surface area contributed by atoms with E-state index in [0.717, 1.165) is 19.6 Å². The fraction of sp³-hybridized carbons (Fsp3) is 0.889. The van der Waals surface area contributed by atoms with E-state index in [9.17, 15) is 0 Å². The number of ether oxygens (including phenoxy) is 1. The summed E-state index contributed by atoms with van der Waals surface area (Å²) < 4.78 is 5.28. The number of epoxide rings is 1. The first kappa shape index (κ1) is 8.72. The summed E-state index contributed by atoms with van der Waals surface area (Å²) in [4.78, 5) is 4.32. The summed E-state index contributed by atoms with van der Waals surface area (Å²) in [5, 5.41) is 0. The minimum Gasteiger partial charge on any atom is -0.364 e. The van der Waals surface area contributed by atoms with Gasteiger partial charge in [0.1, 0.15) is 5.60 Å². The molecule has 1 heterocycles. The Morgan fingerprint density at radius 1 is 1.55 bits per heavy atom. The van der Waals surface area contributed by atoms with Crippen molar-refractivity contribution in [3.8, 4) is 0 Å². The van der Waals surface area contributed by atoms with Crippen LogP contribution in [0.3, 0.4) is 0 Å². The van der Waals surface area contributed by atoms with Crippen molar-refractivity contribution in [1.82, 2.24) is 0 Å². The van der Waals surface area contributed by atoms with Gasteiger partial charge in [-0.05, 0) is 12.8 Å². The predicted molar refractivity (Wildman–Crippen MR) is 47.2 cm³/mol. The van der Waals surface area contributed by atoms with Gasteiger partial charge >= 0.3 is 0 Å². The Kier molecular flexibility index (Phi) is 3.06. The molecule has 2 nitrogen and oxygen atoms in total. The highest BCUT2D eigenvalue weighted by Gasteiger charge is 2.40. The van der Waals surface area contributed by atoms with E-state index in [4.69, 9.17) is 4.74 Å². The van der Waals surface area contributed by atoms with Crippen molar-refractivity contribution >= 4 is 6.21 Å². The number of nitrogens with zero attached hydrogens (tertiary/aromatic N) is 1. The summed E-state index contributed by atoms with van der Waals surface area (Å²) in [6.45, 7) is 6.15. The Bertz CT molecular complexity index is 138. The van der Waals surface area contributed by atoms with E-state index in [0.29, 0.717) is 0 Å². The molecule has 0 aromatic heterocycles. The molecule has 2 heteroatoms. The Morgan fingerprint density at radius 3 is 2.73 bits per heavy atom. The van der Waals surface area contributed by atoms with Crippen molar-refractivity contribution in [2.24, 2.45) is 4.99 Å². The highest BCUT2D eigenvalue weighted by Crippen LogP contribution is 2.27. The standard InChI is InChI=1S/C9H17NO/c1-3-5-6-10-7-9(4-2)8-11-9/h7H,3-6,8H2,1-2H3. The van der Waals surface area contributed by atoms with Gasteiger partial charge in [-0.15, -0.1) is 0 Å². The van der Waals surface area contributed by atoms with Crippen LogP contribution >= 0.6 is 0 Å². The van der Waals surface area contributed by atoms with Crippen molar-refractivity contribution in [2.75, 3.05) is 13.2 Å². The monoisotopic (exact) mass is 155 g/mol. The summed E-state index contributed by atoms with van der Waals surface area (Å²) in [7, 11) is 0. The van der Waals surface area contributed by atoms with Crippen LogP contribution in [0.4, 0.5) is 0 Å². The molecule has 0 bridgehead atoms. The van der Waals surface area contributed by atoms with E-state index in [2.05, 4.69) is 18.8 Å². The molecular formula is C9H17NO. The molecule has 11 heavy (non-hydrogen) atoms. The number of hydrogen-bond acceptors (Lipinski definition) is 2. The lowest BCUT2D eigenvalue weighted by Gasteiger charge is -1.98. The van der Waals surface area contributed by atoms with Crippen LogP contribution in [-0.4, -0.2) is 25.0 Å². The molecule has 1 unspecified atom stereocenters. The van der Waals surface area contributed by atoms with Crippen molar-refractivity contribution in [3.63, 3.8) is 0 Å². The maximum absolute atomic E-state index is 5.28. The Hall–Kier alpha value is -0.370. The van der Waals surface area contributed by atoms with Crippen LogP contribution in [0.5, 0.6) is 0 Å². The fourth-order valence-corrected chi connectivity index (χ4v) is 0.943. The normalized spacial score (nSPS) is 29.6. The minimum atomic E-state index is 0.0493. The van der Waals surface area contributed by atoms with Crippen LogP contribution < -0.4 is 0 Å². The molecule has 0 aliphatic carbocycles. The predicted octanol–water partition coefficient (Wildman–Crippen LogP) is 2.04. The highest BCUT2D eigenvalue weighted by molar-refractivity contribution is 5.71. The average molecular weight is 155 g/mol. The van der Waals surface area contributed by atoms with Crippen molar-refractivity contribution in [3.05, 3.63) is 0 Å². The molecular weight excluding hydrogens is 138 g/mol. The minimum absolute atomic E-state index is 0.0493. The molecule has 1 atom stereocenters. The lowest BCUT2D eigenvalue weighted by Crippen LogP contribution is -2.10. The molecule has 0 aromatic rings. The number of rotatable bonds is 5. The van der Waals surface area contributed by atoms with Gasteiger partial charge in [0.15, 0.2) is 0 Å². The molecule has 1 rings (SSSR count). The van der Waals surface area contributed by atoms with Crippen LogP contribution in [-0.2, 0) is 4.74 Å². The van der Waals surface area contributed by atoms with E-state index in [-0.39, 0.29) is 5.60 Å². The highest BCUT2D eigenvalue weighted by atomic mass is 16.6. The van der Waals surface area contributed by atoms with Gasteiger partial charge in [-0.2, -0.15) is 0 Å². The van der Waals surface area contributed by atoms with Gasteiger partial charge in [-0.3, -0.25) is 4.99 Å². The average Bonchev–Trinajstić information content (AvgIpc) is 2.80. The number of hydrogen-bond donors (Lipinski definition) is 0. The molecule has 1 fully saturated rings. The van der Waals surface area contributed by atoms with Crippen molar-refractivity contribution < 1.29 is 4.74 Å². The third kappa shape index (κ3) is 2.62. The maximum atomic E-state index is 5.28. The van der Waals surface area contributed by atoms with Crippen LogP contribution in [0.1, 0.15) is 33.1 Å². The quantitative estimate of drug-likeness (QED) is 0.339. The molecule has 64 valence electrons. The zero-order valence-corrected chi connectivity index (χ0v) is 7.47. The molecule has 1 saturated heterocycles. The first-order valence-corrected chi connectivity index (χ1v) is 4.48. The van der Waals surface area contributed by atoms with Crippen molar-refractivity contribution in [2.45, 2.75) is 38.7 Å². The van der Waals surface area contributed by atoms with Gasteiger partial charge in [0.2, 0.25) is 0 Å². The van der Waals surface area contributed by atoms with Crippen LogP contribution in [0.15, 0.2) is 4.99 Å². The molecule has 1 aliphatic rings. The molecule has 0 N–H and O–H groups in total. The first-order valence-electron chi connectivity index (χ1n) is 4.48. The topological polar surface area (TPSA) is 24.9 Å². The van der Waals surface area contributed by atoms with E-state index < -0.39 is 0 Å². The molecule has 0 amide bonds. The second-order valence-electron chi connectivity index (χ2n) is 3.10. The Morgan fingerprint density at radius 2 is 2.27 bits per heavy atom. The summed E-state index contributed by atoms with van der Waals surface area (Å²) in [5.74, 6) is 0. The Balaban J connectivity index is 2.13. The summed E-state index contributed by atoms with van der Waals surface area (Å²) in [6, 6.07) is 0. The Labute approximate surface area is 68.7 Å². The summed E-state index contributed by atoms with van der Waals surface area (Å²) in [5.41, 5.74) is 0.0493. The molecule has 0 radical (unpaired) electrons. The second-order valence-corrected chi connectivity index (χ2v) is 3.10. The zero-order chi connectivity index (χ0) is 8.16. The van der Waals surface area contributed by atoms with Gasteiger partial charge in [0, 0.05) is 12.8 Å². The maximum Gasteiger partial charge on any atom is 0.126 e. The smallest absolute Gasteiger partial charge is 0.126 e. The van der Waals surface area contributed by atoms with Gasteiger partial charge in [-0.25, -0.2) is 0 Å². The van der Waals surface area contributed by atoms with E-state index in [1.165, 1.54) is 12.8 Å². The number of aliphatic imine (C=N–C) groups is 1. The van der Waals surface area contributed by atoms with E-state index in [1.54, 1.807) is 0 Å². The summed E-state index contributed by atoms with van der Waals surface area (Å²) >= 11 is 0. The van der Waals surface area contributed by atoms with Crippen LogP contribution in [0.2, 0.25) is 0 Å². The molecule has 0 saturated carbocycles. The first-order chi connectivity index (χ1) is 5.33. The second kappa shape index (κ2) is 3.86. The molecule has 0 spiro atoms. The third-order valence-electron chi connectivity index (χ3n) is 2.08. The SMILES string of the molecule is CCCCN=CC1(CC)CO1. The molecule has 0 aromatic carbocycles. The van der Waals surface area contributed by atoms with Crippen LogP contribution in [0, 0.1) is 0 Å². The fourth-order valence-electron chi connectivity index (χ4n) is 0.943. The zero-order valence-electron chi connectivity index (χ0n) is 7.47. The van der Waals surface area contributed by atoms with E-state index >= 15 is 0 Å². The summed E-state index contributed by atoms with van der Waals surface area (Å²) in [6.07, 6.45) is 5.46. The molecule has 1 aliphatic heterocycles. The largest absolute Gasteiger partial charge is 0.364 e. The van der Waals surface area contributed by atoms with Gasteiger partial charge < -0.3 is 4.74 Å². The lowest BCUT2D eigenvalue weighted by atomic mass is 10.1. The van der Waals surface area contributed by atoms with Crippen LogP contribution in [0.25, 0.3) is 0 Å². The van der Waals surface area contributed by atoms with Gasteiger partial charge in [0.05, 0.1) is 6.61 Å². The lowest BCUT2D eigenvalue weighted by molar-refractivity contribution is 0.364. The number of unbranched alkanes of at least 4 members (excludes halogenated alkanes) is 1. The third-order valence-corrected chi connectivity index (χ3v) is 2.08. The van der Waals surface area contributed by atoms with Crippen molar-refractivity contribution in [1.29, 1.82) is 0 Å². The van der Waals surface area contributed by atoms with Gasteiger partial charge in [-0.1, -0.05) is 20.3 Å². The van der Waals surface area contributed by atoms with Gasteiger partial charge in [0.25, 0.3) is 0 Å².